The number of rotatable bonds is 4. The van der Waals surface area contributed by atoms with Gasteiger partial charge in [0.15, 0.2) is 0 Å². The number of likely N-dealkylation sites (tertiary alicyclic amines) is 1. The first-order chi connectivity index (χ1) is 11.7. The van der Waals surface area contributed by atoms with E-state index in [2.05, 4.69) is 24.1 Å². The predicted octanol–water partition coefficient (Wildman–Crippen LogP) is 2.53. The maximum Gasteiger partial charge on any atom is 0.401 e. The van der Waals surface area contributed by atoms with Gasteiger partial charge in [-0.1, -0.05) is 6.42 Å². The third kappa shape index (κ3) is 6.66. The van der Waals surface area contributed by atoms with Crippen molar-refractivity contribution in [1.29, 1.82) is 0 Å². The quantitative estimate of drug-likeness (QED) is 0.833. The van der Waals surface area contributed by atoms with Crippen LogP contribution in [0.1, 0.15) is 39.5 Å². The highest BCUT2D eigenvalue weighted by atomic mass is 19.4. The van der Waals surface area contributed by atoms with Gasteiger partial charge >= 0.3 is 12.2 Å². The molecule has 0 spiro atoms. The summed E-state index contributed by atoms with van der Waals surface area (Å²) in [5.41, 5.74) is -0.107. The Hall–Kier alpha value is -1.02. The number of carbonyl (C=O) groups is 1. The molecule has 2 rings (SSSR count). The van der Waals surface area contributed by atoms with Crippen LogP contribution in [0.3, 0.4) is 0 Å². The first-order valence-corrected chi connectivity index (χ1v) is 9.24. The summed E-state index contributed by atoms with van der Waals surface area (Å²) in [5, 5.41) is 2.99. The van der Waals surface area contributed by atoms with E-state index in [0.29, 0.717) is 32.6 Å². The molecule has 0 radical (unpaired) electrons. The van der Waals surface area contributed by atoms with E-state index >= 15 is 0 Å². The lowest BCUT2D eigenvalue weighted by atomic mass is 9.98. The molecular formula is C17H31F3N4O. The second-order valence-corrected chi connectivity index (χ2v) is 7.75. The number of nitrogens with zero attached hydrogens (tertiary/aromatic N) is 3. The number of alkyl halides is 3. The van der Waals surface area contributed by atoms with Crippen LogP contribution in [0.5, 0.6) is 0 Å². The summed E-state index contributed by atoms with van der Waals surface area (Å²) in [6.45, 7) is 7.51. The molecule has 146 valence electrons. The first-order valence-electron chi connectivity index (χ1n) is 9.24. The van der Waals surface area contributed by atoms with E-state index in [0.717, 1.165) is 13.1 Å². The van der Waals surface area contributed by atoms with Crippen molar-refractivity contribution in [1.82, 2.24) is 20.0 Å². The normalized spacial score (nSPS) is 21.9. The molecule has 0 bridgehead atoms. The van der Waals surface area contributed by atoms with Gasteiger partial charge in [0.2, 0.25) is 0 Å². The van der Waals surface area contributed by atoms with E-state index in [1.807, 2.05) is 0 Å². The van der Waals surface area contributed by atoms with E-state index in [4.69, 9.17) is 0 Å². The van der Waals surface area contributed by atoms with Crippen LogP contribution in [0.25, 0.3) is 0 Å². The fraction of sp³-hybridized carbons (Fsp3) is 0.941. The smallest absolute Gasteiger partial charge is 0.336 e. The number of urea groups is 1. The standard InChI is InChI=1S/C17H31F3N4O/c1-16(2,24-9-4-3-5-10-24)13-21-15(25)23-8-6-7-22(11-12-23)14-17(18,19)20/h3-14H2,1-2H3,(H,21,25). The molecular weight excluding hydrogens is 333 g/mol. The average Bonchev–Trinajstić information content (AvgIpc) is 2.77. The van der Waals surface area contributed by atoms with Crippen LogP contribution in [-0.4, -0.2) is 84.8 Å². The summed E-state index contributed by atoms with van der Waals surface area (Å²) in [6, 6.07) is -0.168. The van der Waals surface area contributed by atoms with Gasteiger partial charge in [-0.2, -0.15) is 13.2 Å². The summed E-state index contributed by atoms with van der Waals surface area (Å²) in [7, 11) is 0. The third-order valence-electron chi connectivity index (χ3n) is 5.16. The van der Waals surface area contributed by atoms with Gasteiger partial charge in [0.1, 0.15) is 0 Å². The van der Waals surface area contributed by atoms with Gasteiger partial charge in [0.25, 0.3) is 0 Å². The Balaban J connectivity index is 1.78. The Morgan fingerprint density at radius 2 is 1.60 bits per heavy atom. The molecule has 2 aliphatic heterocycles. The number of halogens is 3. The minimum Gasteiger partial charge on any atom is -0.336 e. The van der Waals surface area contributed by atoms with Crippen molar-refractivity contribution in [2.75, 3.05) is 52.4 Å². The molecule has 0 saturated carbocycles. The second-order valence-electron chi connectivity index (χ2n) is 7.75. The molecule has 2 aliphatic rings. The van der Waals surface area contributed by atoms with E-state index in [9.17, 15) is 18.0 Å². The van der Waals surface area contributed by atoms with E-state index in [1.54, 1.807) is 4.90 Å². The average molecular weight is 364 g/mol. The van der Waals surface area contributed by atoms with Gasteiger partial charge in [-0.3, -0.25) is 9.80 Å². The number of hydrogen-bond acceptors (Lipinski definition) is 3. The molecule has 2 heterocycles. The molecule has 25 heavy (non-hydrogen) atoms. The molecule has 8 heteroatoms. The SMILES string of the molecule is CC(C)(CNC(=O)N1CCCN(CC(F)(F)F)CC1)N1CCCCC1. The van der Waals surface area contributed by atoms with Crippen LogP contribution in [-0.2, 0) is 0 Å². The molecule has 0 aromatic carbocycles. The van der Waals surface area contributed by atoms with Crippen LogP contribution in [0.2, 0.25) is 0 Å². The zero-order valence-corrected chi connectivity index (χ0v) is 15.4. The van der Waals surface area contributed by atoms with Crippen molar-refractivity contribution < 1.29 is 18.0 Å². The van der Waals surface area contributed by atoms with Gasteiger partial charge in [0.05, 0.1) is 6.54 Å². The summed E-state index contributed by atoms with van der Waals surface area (Å²) < 4.78 is 37.6. The number of carbonyl (C=O) groups excluding carboxylic acids is 1. The van der Waals surface area contributed by atoms with Crippen LogP contribution in [0, 0.1) is 0 Å². The monoisotopic (exact) mass is 364 g/mol. The summed E-state index contributed by atoms with van der Waals surface area (Å²) in [5.74, 6) is 0. The Labute approximate surface area is 148 Å². The number of hydrogen-bond donors (Lipinski definition) is 1. The molecule has 0 atom stereocenters. The van der Waals surface area contributed by atoms with Gasteiger partial charge in [-0.15, -0.1) is 0 Å². The molecule has 0 unspecified atom stereocenters. The van der Waals surface area contributed by atoms with Crippen LogP contribution < -0.4 is 5.32 Å². The molecule has 2 amide bonds. The van der Waals surface area contributed by atoms with Crippen molar-refractivity contribution in [3.05, 3.63) is 0 Å². The maximum atomic E-state index is 12.5. The third-order valence-corrected chi connectivity index (χ3v) is 5.16. The lowest BCUT2D eigenvalue weighted by molar-refractivity contribution is -0.145. The van der Waals surface area contributed by atoms with E-state index in [-0.39, 0.29) is 18.1 Å². The van der Waals surface area contributed by atoms with Crippen LogP contribution >= 0.6 is 0 Å². The number of nitrogens with one attached hydrogen (secondary N) is 1. The minimum absolute atomic E-state index is 0.107. The lowest BCUT2D eigenvalue weighted by Gasteiger charge is -2.41. The fourth-order valence-corrected chi connectivity index (χ4v) is 3.60. The molecule has 0 aromatic heterocycles. The number of piperidine rings is 1. The van der Waals surface area contributed by atoms with Crippen molar-refractivity contribution in [3.8, 4) is 0 Å². The lowest BCUT2D eigenvalue weighted by Crippen LogP contribution is -2.55. The number of amides is 2. The van der Waals surface area contributed by atoms with Crippen molar-refractivity contribution in [2.45, 2.75) is 51.2 Å². The maximum absolute atomic E-state index is 12.5. The summed E-state index contributed by atoms with van der Waals surface area (Å²) in [6.07, 6.45) is 0.0349. The Kier molecular flexibility index (Phi) is 6.96. The van der Waals surface area contributed by atoms with Crippen molar-refractivity contribution in [2.24, 2.45) is 0 Å². The predicted molar refractivity (Wildman–Crippen MR) is 91.6 cm³/mol. The van der Waals surface area contributed by atoms with Gasteiger partial charge < -0.3 is 10.2 Å². The minimum atomic E-state index is -4.18. The highest BCUT2D eigenvalue weighted by Crippen LogP contribution is 2.20. The molecule has 2 fully saturated rings. The van der Waals surface area contributed by atoms with E-state index < -0.39 is 12.7 Å². The Bertz CT molecular complexity index is 436. The molecule has 0 aliphatic carbocycles. The fourth-order valence-electron chi connectivity index (χ4n) is 3.60. The highest BCUT2D eigenvalue weighted by molar-refractivity contribution is 5.74. The second kappa shape index (κ2) is 8.58. The molecule has 2 saturated heterocycles. The molecule has 1 N–H and O–H groups in total. The highest BCUT2D eigenvalue weighted by Gasteiger charge is 2.32. The zero-order valence-electron chi connectivity index (χ0n) is 15.4. The largest absolute Gasteiger partial charge is 0.401 e. The summed E-state index contributed by atoms with van der Waals surface area (Å²) in [4.78, 5) is 17.9. The van der Waals surface area contributed by atoms with Crippen molar-refractivity contribution >= 4 is 6.03 Å². The summed E-state index contributed by atoms with van der Waals surface area (Å²) >= 11 is 0. The van der Waals surface area contributed by atoms with Crippen LogP contribution in [0.4, 0.5) is 18.0 Å². The molecule has 0 aromatic rings. The topological polar surface area (TPSA) is 38.8 Å². The van der Waals surface area contributed by atoms with Gasteiger partial charge in [0, 0.05) is 38.3 Å². The zero-order chi connectivity index (χ0) is 18.5. The van der Waals surface area contributed by atoms with Gasteiger partial charge in [-0.05, 0) is 46.2 Å². The Morgan fingerprint density at radius 3 is 2.24 bits per heavy atom. The molecule has 5 nitrogen and oxygen atoms in total. The first kappa shape index (κ1) is 20.3. The van der Waals surface area contributed by atoms with E-state index in [1.165, 1.54) is 24.2 Å². The van der Waals surface area contributed by atoms with Gasteiger partial charge in [-0.25, -0.2) is 4.79 Å². The van der Waals surface area contributed by atoms with Crippen LogP contribution in [0.15, 0.2) is 0 Å². The van der Waals surface area contributed by atoms with Crippen molar-refractivity contribution in [3.63, 3.8) is 0 Å². The Morgan fingerprint density at radius 1 is 0.920 bits per heavy atom.